The SMILES string of the molecule is COc1ccc(Nc2nc3nonc3nc2Nc2ccc(OC)c(OC)c2)cc1OC. The van der Waals surface area contributed by atoms with Crippen LogP contribution in [0.1, 0.15) is 0 Å². The first-order chi connectivity index (χ1) is 15.1. The summed E-state index contributed by atoms with van der Waals surface area (Å²) in [6.07, 6.45) is 0. The average molecular weight is 424 g/mol. The van der Waals surface area contributed by atoms with Gasteiger partial charge in [-0.1, -0.05) is 0 Å². The smallest absolute Gasteiger partial charge is 0.245 e. The van der Waals surface area contributed by atoms with E-state index in [1.807, 2.05) is 12.1 Å². The number of nitrogens with zero attached hydrogens (tertiary/aromatic N) is 4. The second-order valence-corrected chi connectivity index (χ2v) is 6.22. The van der Waals surface area contributed by atoms with Gasteiger partial charge >= 0.3 is 0 Å². The lowest BCUT2D eigenvalue weighted by atomic mass is 10.2. The Morgan fingerprint density at radius 1 is 0.613 bits per heavy atom. The predicted octanol–water partition coefficient (Wildman–Crippen LogP) is 3.53. The summed E-state index contributed by atoms with van der Waals surface area (Å²) < 4.78 is 26.1. The van der Waals surface area contributed by atoms with Gasteiger partial charge in [-0.25, -0.2) is 14.6 Å². The first kappa shape index (κ1) is 20.0. The van der Waals surface area contributed by atoms with Crippen LogP contribution < -0.4 is 29.6 Å². The van der Waals surface area contributed by atoms with Gasteiger partial charge in [0.1, 0.15) is 0 Å². The van der Waals surface area contributed by atoms with Crippen molar-refractivity contribution in [1.82, 2.24) is 20.3 Å². The standard InChI is InChI=1S/C20H20N6O5/c1-27-13-7-5-11(9-15(13)29-3)21-17-18(24-20-19(23-17)25-31-26-20)22-12-6-8-14(28-2)16(10-12)30-4/h5-10H,1-4H3,(H,21,23,25)(H,22,24,26). The summed E-state index contributed by atoms with van der Waals surface area (Å²) in [7, 11) is 6.29. The molecule has 0 saturated heterocycles. The van der Waals surface area contributed by atoms with E-state index in [2.05, 4.69) is 30.9 Å². The van der Waals surface area contributed by atoms with Crippen LogP contribution in [0.4, 0.5) is 23.0 Å². The molecule has 0 spiro atoms. The molecule has 4 aromatic rings. The minimum atomic E-state index is 0.265. The molecule has 11 nitrogen and oxygen atoms in total. The van der Waals surface area contributed by atoms with Crippen LogP contribution in [0.5, 0.6) is 23.0 Å². The van der Waals surface area contributed by atoms with E-state index in [-0.39, 0.29) is 11.3 Å². The van der Waals surface area contributed by atoms with Gasteiger partial charge in [0.25, 0.3) is 0 Å². The molecule has 2 heterocycles. The van der Waals surface area contributed by atoms with Crippen molar-refractivity contribution in [3.63, 3.8) is 0 Å². The molecule has 0 amide bonds. The van der Waals surface area contributed by atoms with Crippen LogP contribution in [0.3, 0.4) is 0 Å². The lowest BCUT2D eigenvalue weighted by Gasteiger charge is -2.14. The number of nitrogens with one attached hydrogen (secondary N) is 2. The Kier molecular flexibility index (Phi) is 5.56. The fourth-order valence-electron chi connectivity index (χ4n) is 2.91. The molecule has 2 aromatic carbocycles. The number of hydrogen-bond acceptors (Lipinski definition) is 11. The topological polar surface area (TPSA) is 126 Å². The largest absolute Gasteiger partial charge is 0.493 e. The number of rotatable bonds is 8. The summed E-state index contributed by atoms with van der Waals surface area (Å²) in [4.78, 5) is 8.94. The molecule has 0 aliphatic carbocycles. The lowest BCUT2D eigenvalue weighted by Crippen LogP contribution is -2.04. The maximum atomic E-state index is 5.37. The normalized spacial score (nSPS) is 10.6. The summed E-state index contributed by atoms with van der Waals surface area (Å²) in [5.41, 5.74) is 1.94. The third kappa shape index (κ3) is 4.06. The highest BCUT2D eigenvalue weighted by molar-refractivity contribution is 5.79. The highest BCUT2D eigenvalue weighted by Gasteiger charge is 2.15. The van der Waals surface area contributed by atoms with Gasteiger partial charge in [0, 0.05) is 23.5 Å². The summed E-state index contributed by atoms with van der Waals surface area (Å²) >= 11 is 0. The maximum Gasteiger partial charge on any atom is 0.245 e. The van der Waals surface area contributed by atoms with Crippen LogP contribution >= 0.6 is 0 Å². The lowest BCUT2D eigenvalue weighted by molar-refractivity contribution is 0.314. The fraction of sp³-hybridized carbons (Fsp3) is 0.200. The molecule has 11 heteroatoms. The van der Waals surface area contributed by atoms with Gasteiger partial charge in [0.2, 0.25) is 11.3 Å². The summed E-state index contributed by atoms with van der Waals surface area (Å²) in [6.45, 7) is 0. The molecule has 0 radical (unpaired) electrons. The van der Waals surface area contributed by atoms with E-state index >= 15 is 0 Å². The minimum Gasteiger partial charge on any atom is -0.493 e. The van der Waals surface area contributed by atoms with Crippen LogP contribution in [0, 0.1) is 0 Å². The number of ether oxygens (including phenoxy) is 4. The molecule has 0 aliphatic heterocycles. The molecule has 4 rings (SSSR count). The monoisotopic (exact) mass is 424 g/mol. The zero-order valence-electron chi connectivity index (χ0n) is 17.3. The first-order valence-corrected chi connectivity index (χ1v) is 9.13. The quantitative estimate of drug-likeness (QED) is 0.431. The van der Waals surface area contributed by atoms with Crippen LogP contribution in [0.2, 0.25) is 0 Å². The van der Waals surface area contributed by atoms with E-state index in [1.165, 1.54) is 0 Å². The molecule has 0 bridgehead atoms. The molecular formula is C20H20N6O5. The average Bonchev–Trinajstić information content (AvgIpc) is 3.26. The van der Waals surface area contributed by atoms with Crippen molar-refractivity contribution in [2.24, 2.45) is 0 Å². The fourth-order valence-corrected chi connectivity index (χ4v) is 2.91. The van der Waals surface area contributed by atoms with Crippen molar-refractivity contribution in [2.45, 2.75) is 0 Å². The predicted molar refractivity (Wildman–Crippen MR) is 113 cm³/mol. The number of anilines is 4. The number of aromatic nitrogens is 4. The Balaban J connectivity index is 1.71. The Labute approximate surface area is 177 Å². The molecule has 0 fully saturated rings. The zero-order chi connectivity index (χ0) is 21.8. The highest BCUT2D eigenvalue weighted by atomic mass is 16.6. The van der Waals surface area contributed by atoms with Crippen LogP contribution in [0.15, 0.2) is 41.0 Å². The summed E-state index contributed by atoms with van der Waals surface area (Å²) in [6, 6.07) is 10.8. The first-order valence-electron chi connectivity index (χ1n) is 9.13. The highest BCUT2D eigenvalue weighted by Crippen LogP contribution is 2.35. The van der Waals surface area contributed by atoms with E-state index in [9.17, 15) is 0 Å². The van der Waals surface area contributed by atoms with Crippen molar-refractivity contribution in [3.8, 4) is 23.0 Å². The molecule has 31 heavy (non-hydrogen) atoms. The van der Waals surface area contributed by atoms with Crippen molar-refractivity contribution in [2.75, 3.05) is 39.1 Å². The Morgan fingerprint density at radius 2 is 1.03 bits per heavy atom. The second-order valence-electron chi connectivity index (χ2n) is 6.22. The van der Waals surface area contributed by atoms with Gasteiger partial charge < -0.3 is 29.6 Å². The van der Waals surface area contributed by atoms with E-state index in [0.717, 1.165) is 0 Å². The van der Waals surface area contributed by atoms with Crippen molar-refractivity contribution in [3.05, 3.63) is 36.4 Å². The van der Waals surface area contributed by atoms with Gasteiger partial charge in [-0.15, -0.1) is 0 Å². The second kappa shape index (κ2) is 8.61. The molecule has 160 valence electrons. The van der Waals surface area contributed by atoms with E-state index < -0.39 is 0 Å². The number of hydrogen-bond donors (Lipinski definition) is 2. The van der Waals surface area contributed by atoms with Crippen molar-refractivity contribution in [1.29, 1.82) is 0 Å². The van der Waals surface area contributed by atoms with E-state index in [1.54, 1.807) is 52.7 Å². The third-order valence-corrected chi connectivity index (χ3v) is 4.41. The Bertz CT molecular complexity index is 1120. The molecule has 2 N–H and O–H groups in total. The molecule has 0 aliphatic rings. The van der Waals surface area contributed by atoms with Gasteiger partial charge in [0.15, 0.2) is 34.6 Å². The summed E-state index contributed by atoms with van der Waals surface area (Å²) in [5, 5.41) is 14.0. The number of methoxy groups -OCH3 is 4. The number of fused-ring (bicyclic) bond motifs is 1. The number of benzene rings is 2. The van der Waals surface area contributed by atoms with Crippen LogP contribution in [-0.4, -0.2) is 48.7 Å². The summed E-state index contributed by atoms with van der Waals surface area (Å²) in [5.74, 6) is 3.17. The Morgan fingerprint density at radius 3 is 1.42 bits per heavy atom. The molecular weight excluding hydrogens is 404 g/mol. The van der Waals surface area contributed by atoms with Crippen molar-refractivity contribution < 1.29 is 23.6 Å². The van der Waals surface area contributed by atoms with Gasteiger partial charge in [0.05, 0.1) is 28.4 Å². The Hall–Kier alpha value is -4.28. The molecule has 2 aromatic heterocycles. The zero-order valence-corrected chi connectivity index (χ0v) is 17.3. The van der Waals surface area contributed by atoms with Crippen LogP contribution in [0.25, 0.3) is 11.3 Å². The minimum absolute atomic E-state index is 0.265. The maximum absolute atomic E-state index is 5.37. The van der Waals surface area contributed by atoms with Gasteiger partial charge in [-0.3, -0.25) is 0 Å². The van der Waals surface area contributed by atoms with Crippen LogP contribution in [-0.2, 0) is 0 Å². The van der Waals surface area contributed by atoms with Crippen molar-refractivity contribution >= 4 is 34.3 Å². The van der Waals surface area contributed by atoms with E-state index in [0.29, 0.717) is 46.0 Å². The van der Waals surface area contributed by atoms with Gasteiger partial charge in [-0.2, -0.15) is 0 Å². The molecule has 0 unspecified atom stereocenters. The van der Waals surface area contributed by atoms with Gasteiger partial charge in [-0.05, 0) is 34.6 Å². The molecule has 0 saturated carbocycles. The van der Waals surface area contributed by atoms with E-state index in [4.69, 9.17) is 23.6 Å². The molecule has 0 atom stereocenters. The third-order valence-electron chi connectivity index (χ3n) is 4.41.